The van der Waals surface area contributed by atoms with Crippen LogP contribution in [0, 0.1) is 0 Å². The van der Waals surface area contributed by atoms with E-state index in [1.165, 1.54) is 4.90 Å². The molecule has 5 rings (SSSR count). The van der Waals surface area contributed by atoms with Crippen LogP contribution in [0.2, 0.25) is 0 Å². The van der Waals surface area contributed by atoms with Crippen molar-refractivity contribution in [2.45, 2.75) is 138 Å². The Morgan fingerprint density at radius 1 is 0.555 bits per heavy atom. The van der Waals surface area contributed by atoms with Crippen molar-refractivity contribution in [1.29, 1.82) is 0 Å². The van der Waals surface area contributed by atoms with Gasteiger partial charge in [-0.1, -0.05) is 31.0 Å². The van der Waals surface area contributed by atoms with Crippen molar-refractivity contribution in [2.75, 3.05) is 152 Å². The first-order valence-corrected chi connectivity index (χ1v) is 36.5. The second kappa shape index (κ2) is 48.5. The van der Waals surface area contributed by atoms with Crippen molar-refractivity contribution in [2.24, 2.45) is 5.73 Å². The third-order valence-electron chi connectivity index (χ3n) is 18.5. The number of ether oxygens (including phenoxy) is 4. The van der Waals surface area contributed by atoms with E-state index in [2.05, 4.69) is 58.2 Å². The Hall–Kier alpha value is -10.0. The number of H-pyrrole nitrogens is 1. The van der Waals surface area contributed by atoms with Gasteiger partial charge in [0.1, 0.15) is 31.3 Å². The van der Waals surface area contributed by atoms with E-state index >= 15 is 0 Å². The summed E-state index contributed by atoms with van der Waals surface area (Å²) in [6.45, 7) is -3.84. The molecule has 2 aromatic rings. The molecule has 1 aliphatic carbocycles. The number of amides is 11. The lowest BCUT2D eigenvalue weighted by atomic mass is 9.88. The van der Waals surface area contributed by atoms with Gasteiger partial charge in [-0.05, 0) is 82.9 Å². The second-order valence-corrected chi connectivity index (χ2v) is 26.8. The summed E-state index contributed by atoms with van der Waals surface area (Å²) < 4.78 is 21.5. The summed E-state index contributed by atoms with van der Waals surface area (Å²) in [5, 5.41) is 75.6. The fourth-order valence-corrected chi connectivity index (χ4v) is 13.3. The number of likely N-dealkylation sites (N-methyl/N-ethyl adjacent to an activating group) is 1. The predicted molar refractivity (Wildman–Crippen MR) is 386 cm³/mol. The van der Waals surface area contributed by atoms with E-state index in [1.54, 1.807) is 23.0 Å². The van der Waals surface area contributed by atoms with Crippen LogP contribution in [0.15, 0.2) is 30.5 Å². The molecule has 41 nitrogen and oxygen atoms in total. The molecule has 1 aromatic heterocycles. The van der Waals surface area contributed by atoms with Crippen LogP contribution in [-0.4, -0.2) is 338 Å². The summed E-state index contributed by atoms with van der Waals surface area (Å²) in [7, 11) is 1.55. The number of hydrogen-bond donors (Lipinski definition) is 17. The molecule has 1 unspecified atom stereocenters. The number of aromatic nitrogens is 1. The summed E-state index contributed by atoms with van der Waals surface area (Å²) in [6, 6.07) is 2.12. The number of nitrogens with one attached hydrogen (secondary N) is 11. The number of carbonyl (C=O) groups is 16. The molecular weight excluding hydrogens is 1450 g/mol. The Morgan fingerprint density at radius 3 is 1.65 bits per heavy atom. The molecule has 0 radical (unpaired) electrons. The molecule has 18 N–H and O–H groups in total. The van der Waals surface area contributed by atoms with Crippen molar-refractivity contribution in [3.8, 4) is 0 Å². The lowest BCUT2D eigenvalue weighted by Gasteiger charge is -2.45. The SMILES string of the molecule is CN[C@@H](Cc1c[nH]c2ccccc12)C(=O)N[C@@H](CC(=O)O)C(=O)N1CCCC1C(=O)NCC(=O)NCC(=O)NCC(=O)N[C@@H](CCCCNC(=O)COCCOCCNC(=O)COCCOCCNC(=O)CCCC(=O)NCCC1(N(CC(=O)O)CC(=O)O)CN(CC(=O)O)[C@@H]2CCCC[C@H]2N(CC(=O)O)C1)C(N)=O. The Labute approximate surface area is 633 Å². The second-order valence-electron chi connectivity index (χ2n) is 26.8. The molecule has 2 saturated heterocycles. The summed E-state index contributed by atoms with van der Waals surface area (Å²) in [5.41, 5.74) is 5.74. The van der Waals surface area contributed by atoms with Gasteiger partial charge in [-0.3, -0.25) is 91.4 Å². The van der Waals surface area contributed by atoms with Crippen LogP contribution in [0.25, 0.3) is 10.9 Å². The first kappa shape index (κ1) is 90.6. The first-order valence-electron chi connectivity index (χ1n) is 36.5. The van der Waals surface area contributed by atoms with E-state index in [4.69, 9.17) is 24.7 Å². The minimum absolute atomic E-state index is 0.0129. The molecule has 2 aliphatic heterocycles. The van der Waals surface area contributed by atoms with Gasteiger partial charge in [0.05, 0.1) is 97.9 Å². The van der Waals surface area contributed by atoms with E-state index in [0.29, 0.717) is 32.1 Å². The number of carboxylic acids is 5. The van der Waals surface area contributed by atoms with Crippen LogP contribution in [-0.2, 0) is 102 Å². The number of hydrogen-bond acceptors (Lipinski definition) is 24. The predicted octanol–water partition coefficient (Wildman–Crippen LogP) is -5.86. The van der Waals surface area contributed by atoms with Crippen LogP contribution in [0.5, 0.6) is 0 Å². The van der Waals surface area contributed by atoms with Gasteiger partial charge in [-0.15, -0.1) is 0 Å². The van der Waals surface area contributed by atoms with E-state index in [9.17, 15) is 102 Å². The minimum atomic E-state index is -1.51. The number of para-hydroxylation sites is 1. The van der Waals surface area contributed by atoms with E-state index in [-0.39, 0.29) is 150 Å². The number of likely N-dealkylation sites (tertiary alicyclic amines) is 1. The number of nitrogens with zero attached hydrogens (tertiary/aromatic N) is 4. The van der Waals surface area contributed by atoms with Crippen molar-refractivity contribution in [3.63, 3.8) is 0 Å². The van der Waals surface area contributed by atoms with Crippen molar-refractivity contribution in [1.82, 2.24) is 77.8 Å². The van der Waals surface area contributed by atoms with E-state index < -0.39 is 183 Å². The molecule has 1 saturated carbocycles. The summed E-state index contributed by atoms with van der Waals surface area (Å²) in [5.74, 6) is -13.4. The van der Waals surface area contributed by atoms with Crippen LogP contribution in [0.1, 0.15) is 95.5 Å². The number of aliphatic carboxylic acids is 5. The normalized spacial score (nSPS) is 17.0. The molecule has 11 amide bonds. The zero-order chi connectivity index (χ0) is 80.5. The standard InChI is InChI=1S/C69H106N16O25/c1-71-48(30-44-32-76-46-11-3-2-10-45(44)46)66(104)81-49(31-60(93)94)68(106)85-23-9-15-52(85)67(105)79-34-56(89)77-33-55(88)78-35-57(90)80-47(65(70)103)12-6-7-19-72-58(91)40-109-28-27-108-25-22-75-59(92)41-110-29-26-107-24-21-74-54(87)17-8-16-53(86)73-20-18-69(84(38-63(99)100)39-64(101)102)42-82(36-61(95)96)50-13-4-5-14-51(50)83(43-69)37-62(97)98/h2-3,10-11,32,47-52,71,76H,4-9,12-31,33-43H2,1H3,(H2,70,103)(H,72,91)(H,73,86)(H,74,87)(H,75,92)(H,77,89)(H,78,88)(H,79,105)(H,80,90)(H,81,104)(H,93,94)(H,95,96)(H,97,98)(H,99,100)(H,101,102)/t47-,48-,49-,50+,51+,52?/m0/s1. The average molecular weight is 1560 g/mol. The van der Waals surface area contributed by atoms with Gasteiger partial charge < -0.3 is 113 Å². The molecule has 0 spiro atoms. The van der Waals surface area contributed by atoms with Crippen molar-refractivity contribution in [3.05, 3.63) is 36.0 Å². The van der Waals surface area contributed by atoms with Gasteiger partial charge in [-0.2, -0.15) is 0 Å². The van der Waals surface area contributed by atoms with Gasteiger partial charge in [0.2, 0.25) is 65.0 Å². The number of carbonyl (C=O) groups excluding carboxylic acids is 11. The van der Waals surface area contributed by atoms with E-state index in [0.717, 1.165) is 34.2 Å². The molecule has 612 valence electrons. The van der Waals surface area contributed by atoms with Crippen molar-refractivity contribution < 1.29 is 121 Å². The topological polar surface area (TPSA) is 586 Å². The molecule has 1 aromatic carbocycles. The van der Waals surface area contributed by atoms with Crippen LogP contribution in [0.3, 0.4) is 0 Å². The average Bonchev–Trinajstić information content (AvgIpc) is 1.61. The Bertz CT molecular complexity index is 3400. The highest BCUT2D eigenvalue weighted by atomic mass is 16.5. The summed E-state index contributed by atoms with van der Waals surface area (Å²) in [4.78, 5) is 209. The number of benzene rings is 1. The molecule has 41 heteroatoms. The van der Waals surface area contributed by atoms with Crippen LogP contribution < -0.4 is 58.9 Å². The number of primary amides is 1. The fraction of sp³-hybridized carbons (Fsp3) is 0.652. The number of rotatable bonds is 54. The Morgan fingerprint density at radius 2 is 1.09 bits per heavy atom. The van der Waals surface area contributed by atoms with Gasteiger partial charge in [0, 0.05) is 93.4 Å². The quantitative estimate of drug-likeness (QED) is 0.0274. The number of unbranched alkanes of at least 4 members (excludes halogenated alkanes) is 1. The van der Waals surface area contributed by atoms with E-state index in [1.807, 2.05) is 24.3 Å². The van der Waals surface area contributed by atoms with Crippen LogP contribution >= 0.6 is 0 Å². The van der Waals surface area contributed by atoms with Gasteiger partial charge in [0.25, 0.3) is 0 Å². The molecule has 3 heterocycles. The van der Waals surface area contributed by atoms with Gasteiger partial charge in [-0.25, -0.2) is 0 Å². The Kier molecular flexibility index (Phi) is 39.9. The van der Waals surface area contributed by atoms with Gasteiger partial charge >= 0.3 is 29.8 Å². The summed E-state index contributed by atoms with van der Waals surface area (Å²) >= 11 is 0. The minimum Gasteiger partial charge on any atom is -0.481 e. The smallest absolute Gasteiger partial charge is 0.317 e. The van der Waals surface area contributed by atoms with Gasteiger partial charge in [0.15, 0.2) is 0 Å². The molecule has 110 heavy (non-hydrogen) atoms. The number of fused-ring (bicyclic) bond motifs is 2. The number of aromatic amines is 1. The number of nitrogens with two attached hydrogens (primary N) is 1. The molecule has 3 aliphatic rings. The molecule has 0 bridgehead atoms. The van der Waals surface area contributed by atoms with Crippen molar-refractivity contribution >= 4 is 106 Å². The Balaban J connectivity index is 0.830. The number of carboxylic acid groups (broad SMARTS) is 5. The zero-order valence-electron chi connectivity index (χ0n) is 61.8. The van der Waals surface area contributed by atoms with Crippen LogP contribution in [0.4, 0.5) is 0 Å². The highest BCUT2D eigenvalue weighted by Gasteiger charge is 2.50. The molecule has 3 fully saturated rings. The third-order valence-corrected chi connectivity index (χ3v) is 18.5. The molecule has 6 atom stereocenters. The highest BCUT2D eigenvalue weighted by Crippen LogP contribution is 2.36. The third kappa shape index (κ3) is 33.0. The first-order chi connectivity index (χ1) is 52.6. The highest BCUT2D eigenvalue weighted by molar-refractivity contribution is 5.97. The lowest BCUT2D eigenvalue weighted by Crippen LogP contribution is -2.63. The monoisotopic (exact) mass is 1560 g/mol. The maximum absolute atomic E-state index is 13.7. The fourth-order valence-electron chi connectivity index (χ4n) is 13.3. The maximum Gasteiger partial charge on any atom is 0.317 e. The zero-order valence-corrected chi connectivity index (χ0v) is 61.8. The molecular formula is C69H106N16O25. The largest absolute Gasteiger partial charge is 0.481 e. The summed E-state index contributed by atoms with van der Waals surface area (Å²) in [6.07, 6.45) is 5.24. The maximum atomic E-state index is 13.7. The lowest BCUT2D eigenvalue weighted by molar-refractivity contribution is -0.148.